The van der Waals surface area contributed by atoms with Gasteiger partial charge >= 0.3 is 0 Å². The van der Waals surface area contributed by atoms with Crippen LogP contribution in [0.5, 0.6) is 0 Å². The van der Waals surface area contributed by atoms with Crippen LogP contribution in [0.3, 0.4) is 0 Å². The van der Waals surface area contributed by atoms with Gasteiger partial charge in [0.2, 0.25) is 0 Å². The number of nitrogens with zero attached hydrogens (tertiary/aromatic N) is 2. The molecule has 0 aliphatic heterocycles. The summed E-state index contributed by atoms with van der Waals surface area (Å²) in [5.74, 6) is 0. The normalized spacial score (nSPS) is 12.2. The lowest BCUT2D eigenvalue weighted by atomic mass is 9.83. The maximum Gasteiger partial charge on any atom is 0.0541 e. The zero-order valence-corrected chi connectivity index (χ0v) is 35.8. The zero-order valence-electron chi connectivity index (χ0n) is 35.8. The largest absolute Gasteiger partial charge is 0.309 e. The third-order valence-electron chi connectivity index (χ3n) is 14.6. The quantitative estimate of drug-likeness (QED) is 0.123. The van der Waals surface area contributed by atoms with Crippen molar-refractivity contribution in [1.82, 2.24) is 9.13 Å². The van der Waals surface area contributed by atoms with Crippen LogP contribution in [0.25, 0.3) is 143 Å². The molecule has 12 aromatic carbocycles. The van der Waals surface area contributed by atoms with Crippen molar-refractivity contribution in [2.75, 3.05) is 0 Å². The van der Waals surface area contributed by atoms with E-state index >= 15 is 0 Å². The van der Waals surface area contributed by atoms with Gasteiger partial charge in [-0.2, -0.15) is 0 Å². The van der Waals surface area contributed by atoms with Crippen LogP contribution in [0, 0.1) is 0 Å². The van der Waals surface area contributed by atoms with E-state index in [1.54, 1.807) is 0 Å². The number of fused-ring (bicyclic) bond motifs is 13. The van der Waals surface area contributed by atoms with Crippen molar-refractivity contribution in [3.8, 4) is 55.9 Å². The first-order valence-corrected chi connectivity index (χ1v) is 22.9. The van der Waals surface area contributed by atoms with Crippen molar-refractivity contribution in [3.05, 3.63) is 231 Å². The molecular formula is C64H38N2. The van der Waals surface area contributed by atoms with Crippen molar-refractivity contribution in [3.63, 3.8) is 0 Å². The molecule has 0 radical (unpaired) electrons. The fourth-order valence-electron chi connectivity index (χ4n) is 11.9. The van der Waals surface area contributed by atoms with Crippen LogP contribution in [-0.2, 0) is 0 Å². The number of aromatic nitrogens is 2. The van der Waals surface area contributed by atoms with Gasteiger partial charge in [-0.05, 0) is 166 Å². The van der Waals surface area contributed by atoms with Crippen molar-refractivity contribution in [1.29, 1.82) is 0 Å². The SMILES string of the molecule is c1ccc(-n2c3ccccc3c3cc(-c4c5ccccc5c(-c5ccc6c(c5)c5ccccc5n6-c5ccccc5)c5cc6c(cc45)-c4cccc5c4c-6cc4ccccc45)ccc32)cc1. The van der Waals surface area contributed by atoms with Crippen LogP contribution in [0.15, 0.2) is 231 Å². The summed E-state index contributed by atoms with van der Waals surface area (Å²) in [5, 5.41) is 15.2. The van der Waals surface area contributed by atoms with Gasteiger partial charge in [-0.1, -0.05) is 152 Å². The highest BCUT2D eigenvalue weighted by atomic mass is 15.0. The Bertz CT molecular complexity index is 4380. The van der Waals surface area contributed by atoms with E-state index in [4.69, 9.17) is 0 Å². The van der Waals surface area contributed by atoms with Crippen molar-refractivity contribution < 1.29 is 0 Å². The van der Waals surface area contributed by atoms with E-state index < -0.39 is 0 Å². The standard InChI is InChI=1S/C64H38N2/c1-3-17-42(18-4-1)65-58-28-13-11-22-45(58)53-35-40(30-32-60(53)65)62-48-24-9-10-25-49(48)63(41-31-33-61-54(36-41)46-23-12-14-29-59(46)66(61)43-19-5-2-6-20-43)57-38-52-51(37-56(57)62)50-27-15-26-47-44-21-8-7-16-39(44)34-55(52)64(47)50/h1-38H. The molecule has 0 spiro atoms. The first-order valence-electron chi connectivity index (χ1n) is 22.9. The van der Waals surface area contributed by atoms with E-state index in [-0.39, 0.29) is 0 Å². The first-order chi connectivity index (χ1) is 32.8. The fourth-order valence-corrected chi connectivity index (χ4v) is 11.9. The predicted octanol–water partition coefficient (Wildman–Crippen LogP) is 17.5. The van der Waals surface area contributed by atoms with Crippen LogP contribution >= 0.6 is 0 Å². The van der Waals surface area contributed by atoms with Gasteiger partial charge in [0.15, 0.2) is 0 Å². The average Bonchev–Trinajstić information content (AvgIpc) is 4.01. The van der Waals surface area contributed by atoms with Crippen LogP contribution in [0.1, 0.15) is 0 Å². The molecule has 15 rings (SSSR count). The zero-order chi connectivity index (χ0) is 43.0. The number of hydrogen-bond donors (Lipinski definition) is 0. The van der Waals surface area contributed by atoms with Gasteiger partial charge in [0.25, 0.3) is 0 Å². The Morgan fingerprint density at radius 2 is 0.667 bits per heavy atom. The third kappa shape index (κ3) is 4.85. The molecule has 2 nitrogen and oxygen atoms in total. The molecule has 2 aromatic heterocycles. The van der Waals surface area contributed by atoms with Gasteiger partial charge in [-0.3, -0.25) is 0 Å². The van der Waals surface area contributed by atoms with Crippen molar-refractivity contribution in [2.24, 2.45) is 0 Å². The molecule has 66 heavy (non-hydrogen) atoms. The molecule has 2 heterocycles. The van der Waals surface area contributed by atoms with Gasteiger partial charge in [-0.25, -0.2) is 0 Å². The summed E-state index contributed by atoms with van der Waals surface area (Å²) in [5.41, 5.74) is 17.3. The van der Waals surface area contributed by atoms with E-state index in [2.05, 4.69) is 240 Å². The Hall–Kier alpha value is -8.72. The summed E-state index contributed by atoms with van der Waals surface area (Å²) >= 11 is 0. The molecule has 14 aromatic rings. The van der Waals surface area contributed by atoms with Gasteiger partial charge < -0.3 is 9.13 Å². The molecule has 1 aliphatic rings. The second-order valence-corrected chi connectivity index (χ2v) is 18.0. The molecular weight excluding hydrogens is 797 g/mol. The maximum absolute atomic E-state index is 2.54. The molecule has 1 aliphatic carbocycles. The first kappa shape index (κ1) is 35.7. The number of hydrogen-bond acceptors (Lipinski definition) is 0. The number of rotatable bonds is 4. The van der Waals surface area contributed by atoms with E-state index in [0.717, 1.165) is 11.4 Å². The second-order valence-electron chi connectivity index (χ2n) is 18.0. The smallest absolute Gasteiger partial charge is 0.0541 e. The summed E-state index contributed by atoms with van der Waals surface area (Å²) in [4.78, 5) is 0. The topological polar surface area (TPSA) is 9.86 Å². The van der Waals surface area contributed by atoms with E-state index in [1.165, 1.54) is 131 Å². The van der Waals surface area contributed by atoms with Crippen LogP contribution in [0.4, 0.5) is 0 Å². The van der Waals surface area contributed by atoms with Gasteiger partial charge in [0, 0.05) is 32.9 Å². The van der Waals surface area contributed by atoms with Gasteiger partial charge in [-0.15, -0.1) is 0 Å². The van der Waals surface area contributed by atoms with E-state index in [0.29, 0.717) is 0 Å². The summed E-state index contributed by atoms with van der Waals surface area (Å²) in [6, 6.07) is 85.9. The minimum atomic E-state index is 1.16. The molecule has 0 fully saturated rings. The van der Waals surface area contributed by atoms with Crippen molar-refractivity contribution >= 4 is 86.7 Å². The monoisotopic (exact) mass is 834 g/mol. The predicted molar refractivity (Wildman–Crippen MR) is 280 cm³/mol. The summed E-state index contributed by atoms with van der Waals surface area (Å²) in [7, 11) is 0. The lowest BCUT2D eigenvalue weighted by molar-refractivity contribution is 1.18. The number of para-hydroxylation sites is 4. The molecule has 0 atom stereocenters. The molecule has 0 saturated heterocycles. The Labute approximate surface area is 380 Å². The molecule has 2 heteroatoms. The number of benzene rings is 12. The molecule has 0 saturated carbocycles. The molecule has 0 bridgehead atoms. The Morgan fingerprint density at radius 3 is 1.23 bits per heavy atom. The highest BCUT2D eigenvalue weighted by Crippen LogP contribution is 2.54. The summed E-state index contributed by atoms with van der Waals surface area (Å²) < 4.78 is 4.82. The summed E-state index contributed by atoms with van der Waals surface area (Å²) in [6.07, 6.45) is 0. The molecule has 304 valence electrons. The summed E-state index contributed by atoms with van der Waals surface area (Å²) in [6.45, 7) is 0. The average molecular weight is 835 g/mol. The second kappa shape index (κ2) is 13.4. The lowest BCUT2D eigenvalue weighted by Gasteiger charge is -2.20. The minimum Gasteiger partial charge on any atom is -0.309 e. The fraction of sp³-hybridized carbons (Fsp3) is 0. The van der Waals surface area contributed by atoms with Crippen LogP contribution in [-0.4, -0.2) is 9.13 Å². The molecule has 0 unspecified atom stereocenters. The highest BCUT2D eigenvalue weighted by Gasteiger charge is 2.27. The van der Waals surface area contributed by atoms with Gasteiger partial charge in [0.1, 0.15) is 0 Å². The third-order valence-corrected chi connectivity index (χ3v) is 14.6. The van der Waals surface area contributed by atoms with Gasteiger partial charge in [0.05, 0.1) is 22.1 Å². The Kier molecular flexibility index (Phi) is 7.25. The van der Waals surface area contributed by atoms with E-state index in [9.17, 15) is 0 Å². The van der Waals surface area contributed by atoms with E-state index in [1.807, 2.05) is 0 Å². The minimum absolute atomic E-state index is 1.16. The Morgan fingerprint density at radius 1 is 0.227 bits per heavy atom. The van der Waals surface area contributed by atoms with Crippen LogP contribution < -0.4 is 0 Å². The van der Waals surface area contributed by atoms with Crippen molar-refractivity contribution in [2.45, 2.75) is 0 Å². The maximum atomic E-state index is 2.54. The molecule has 0 amide bonds. The van der Waals surface area contributed by atoms with Crippen LogP contribution in [0.2, 0.25) is 0 Å². The highest BCUT2D eigenvalue weighted by molar-refractivity contribution is 6.29. The Balaban J connectivity index is 1.07. The lowest BCUT2D eigenvalue weighted by Crippen LogP contribution is -1.94. The molecule has 0 N–H and O–H groups in total.